The quantitative estimate of drug-likeness (QED) is 0.492. The van der Waals surface area contributed by atoms with Crippen LogP contribution in [0.1, 0.15) is 5.76 Å². The van der Waals surface area contributed by atoms with Crippen molar-refractivity contribution >= 4 is 44.4 Å². The molecule has 0 radical (unpaired) electrons. The Morgan fingerprint density at radius 3 is 2.82 bits per heavy atom. The number of thioether (sulfide) groups is 1. The van der Waals surface area contributed by atoms with Crippen LogP contribution in [0.4, 0.5) is 0 Å². The molecule has 0 bridgehead atoms. The van der Waals surface area contributed by atoms with Gasteiger partial charge in [-0.25, -0.2) is 13.1 Å². The molecule has 120 valence electrons. The van der Waals surface area contributed by atoms with Gasteiger partial charge in [-0.05, 0) is 52.9 Å². The van der Waals surface area contributed by atoms with E-state index in [1.807, 2.05) is 12.1 Å². The molecule has 0 aliphatic heterocycles. The number of rotatable bonds is 8. The van der Waals surface area contributed by atoms with Gasteiger partial charge in [-0.1, -0.05) is 0 Å². The zero-order chi connectivity index (χ0) is 16.0. The van der Waals surface area contributed by atoms with Crippen molar-refractivity contribution in [2.75, 3.05) is 19.4 Å². The molecule has 0 aliphatic carbocycles. The van der Waals surface area contributed by atoms with Gasteiger partial charge >= 0.3 is 0 Å². The fourth-order valence-electron chi connectivity index (χ4n) is 1.71. The maximum absolute atomic E-state index is 12.2. The second-order valence-electron chi connectivity index (χ2n) is 4.33. The van der Waals surface area contributed by atoms with Crippen molar-refractivity contribution in [1.29, 1.82) is 0 Å². The molecule has 1 heterocycles. The predicted molar refractivity (Wildman–Crippen MR) is 95.8 cm³/mol. The number of methoxy groups -OCH3 is 1. The Morgan fingerprint density at radius 1 is 1.36 bits per heavy atom. The van der Waals surface area contributed by atoms with Crippen molar-refractivity contribution in [3.05, 3.63) is 45.9 Å². The average Bonchev–Trinajstić information content (AvgIpc) is 3.00. The molecule has 0 spiro atoms. The minimum atomic E-state index is -3.49. The van der Waals surface area contributed by atoms with E-state index in [1.165, 1.54) is 0 Å². The molecule has 0 aliphatic rings. The van der Waals surface area contributed by atoms with Gasteiger partial charge in [0.25, 0.3) is 0 Å². The van der Waals surface area contributed by atoms with E-state index in [4.69, 9.17) is 9.15 Å². The Morgan fingerprint density at radius 2 is 2.18 bits per heavy atom. The normalized spacial score (nSPS) is 11.5. The van der Waals surface area contributed by atoms with E-state index in [2.05, 4.69) is 27.3 Å². The fraction of sp³-hybridized carbons (Fsp3) is 0.286. The van der Waals surface area contributed by atoms with Crippen LogP contribution in [-0.4, -0.2) is 27.8 Å². The molecule has 1 aromatic heterocycles. The molecule has 0 atom stereocenters. The lowest BCUT2D eigenvalue weighted by atomic mass is 10.3. The van der Waals surface area contributed by atoms with E-state index < -0.39 is 10.0 Å². The third-order valence-corrected chi connectivity index (χ3v) is 6.08. The summed E-state index contributed by atoms with van der Waals surface area (Å²) in [5.41, 5.74) is 0. The highest BCUT2D eigenvalue weighted by Crippen LogP contribution is 2.23. The second-order valence-corrected chi connectivity index (χ2v) is 8.36. The van der Waals surface area contributed by atoms with Gasteiger partial charge < -0.3 is 9.15 Å². The summed E-state index contributed by atoms with van der Waals surface area (Å²) in [6.45, 7) is 0.371. The summed E-state index contributed by atoms with van der Waals surface area (Å²) in [4.78, 5) is 0.244. The largest absolute Gasteiger partial charge is 0.496 e. The first-order valence-electron chi connectivity index (χ1n) is 6.46. The highest BCUT2D eigenvalue weighted by Gasteiger charge is 2.15. The molecule has 0 fully saturated rings. The Balaban J connectivity index is 1.84. The number of hydrogen-bond donors (Lipinski definition) is 1. The Kier molecular flexibility index (Phi) is 6.60. The van der Waals surface area contributed by atoms with Crippen LogP contribution < -0.4 is 9.46 Å². The van der Waals surface area contributed by atoms with Gasteiger partial charge in [-0.3, -0.25) is 0 Å². The van der Waals surface area contributed by atoms with Gasteiger partial charge in [-0.15, -0.1) is 0 Å². The molecule has 0 saturated carbocycles. The summed E-state index contributed by atoms with van der Waals surface area (Å²) >= 11 is 3.67. The molecule has 1 aromatic carbocycles. The third-order valence-electron chi connectivity index (χ3n) is 2.80. The van der Waals surface area contributed by atoms with E-state index in [-0.39, 0.29) is 4.90 Å². The lowest BCUT2D eigenvalue weighted by molar-refractivity contribution is 0.411. The molecule has 8 heteroatoms. The average molecular weight is 453 g/mol. The zero-order valence-corrected chi connectivity index (χ0v) is 15.7. The van der Waals surface area contributed by atoms with Gasteiger partial charge in [-0.2, -0.15) is 11.8 Å². The third kappa shape index (κ3) is 4.90. The first-order valence-corrected chi connectivity index (χ1v) is 10.2. The number of hydrogen-bond acceptors (Lipinski definition) is 5. The molecule has 22 heavy (non-hydrogen) atoms. The summed E-state index contributed by atoms with van der Waals surface area (Å²) in [7, 11) is -1.93. The first-order chi connectivity index (χ1) is 10.5. The molecular formula is C14H16INO4S2. The summed E-state index contributed by atoms with van der Waals surface area (Å²) in [6.07, 6.45) is 1.63. The van der Waals surface area contributed by atoms with Crippen LogP contribution in [0.15, 0.2) is 45.9 Å². The molecule has 1 N–H and O–H groups in total. The van der Waals surface area contributed by atoms with E-state index in [1.54, 1.807) is 43.3 Å². The molecule has 0 unspecified atom stereocenters. The Labute approximate surface area is 148 Å². The maximum Gasteiger partial charge on any atom is 0.240 e. The molecule has 2 aromatic rings. The number of nitrogens with one attached hydrogen (secondary N) is 1. The van der Waals surface area contributed by atoms with Crippen molar-refractivity contribution in [1.82, 2.24) is 4.72 Å². The smallest absolute Gasteiger partial charge is 0.240 e. The van der Waals surface area contributed by atoms with Crippen LogP contribution in [0.2, 0.25) is 0 Å². The van der Waals surface area contributed by atoms with Crippen molar-refractivity contribution in [3.63, 3.8) is 0 Å². The summed E-state index contributed by atoms with van der Waals surface area (Å²) in [5.74, 6) is 2.95. The van der Waals surface area contributed by atoms with Crippen LogP contribution in [0.5, 0.6) is 5.75 Å². The van der Waals surface area contributed by atoms with E-state index in [0.29, 0.717) is 18.0 Å². The highest BCUT2D eigenvalue weighted by atomic mass is 127. The summed E-state index contributed by atoms with van der Waals surface area (Å²) < 4.78 is 38.1. The number of benzene rings is 1. The van der Waals surface area contributed by atoms with Crippen LogP contribution >= 0.6 is 34.4 Å². The van der Waals surface area contributed by atoms with Crippen molar-refractivity contribution in [2.45, 2.75) is 10.6 Å². The summed E-state index contributed by atoms with van der Waals surface area (Å²) in [6, 6.07) is 8.53. The Bertz CT molecular complexity index is 702. The molecule has 0 amide bonds. The van der Waals surface area contributed by atoms with Crippen molar-refractivity contribution in [2.24, 2.45) is 0 Å². The second kappa shape index (κ2) is 8.23. The predicted octanol–water partition coefficient (Wildman–Crippen LogP) is 3.10. The summed E-state index contributed by atoms with van der Waals surface area (Å²) in [5, 5.41) is 0. The number of sulfonamides is 1. The lowest BCUT2D eigenvalue weighted by Crippen LogP contribution is -2.26. The number of ether oxygens (including phenoxy) is 1. The topological polar surface area (TPSA) is 68.5 Å². The number of furan rings is 1. The van der Waals surface area contributed by atoms with Crippen molar-refractivity contribution in [3.8, 4) is 5.75 Å². The van der Waals surface area contributed by atoms with Gasteiger partial charge in [0, 0.05) is 12.3 Å². The molecule has 2 rings (SSSR count). The van der Waals surface area contributed by atoms with Gasteiger partial charge in [0.1, 0.15) is 11.5 Å². The van der Waals surface area contributed by atoms with E-state index in [0.717, 1.165) is 15.1 Å². The van der Waals surface area contributed by atoms with Gasteiger partial charge in [0.2, 0.25) is 10.0 Å². The van der Waals surface area contributed by atoms with E-state index in [9.17, 15) is 8.42 Å². The van der Waals surface area contributed by atoms with Gasteiger partial charge in [0.15, 0.2) is 0 Å². The first kappa shape index (κ1) is 17.6. The van der Waals surface area contributed by atoms with Crippen LogP contribution in [0.3, 0.4) is 0 Å². The Hall–Kier alpha value is -0.710. The monoisotopic (exact) mass is 453 g/mol. The minimum Gasteiger partial charge on any atom is -0.496 e. The van der Waals surface area contributed by atoms with Crippen molar-refractivity contribution < 1.29 is 17.6 Å². The van der Waals surface area contributed by atoms with Crippen LogP contribution in [0, 0.1) is 3.57 Å². The van der Waals surface area contributed by atoms with Crippen LogP contribution in [-0.2, 0) is 15.8 Å². The highest BCUT2D eigenvalue weighted by molar-refractivity contribution is 14.1. The lowest BCUT2D eigenvalue weighted by Gasteiger charge is -2.09. The number of halogens is 1. The molecular weight excluding hydrogens is 437 g/mol. The van der Waals surface area contributed by atoms with Gasteiger partial charge in [0.05, 0.1) is 27.6 Å². The van der Waals surface area contributed by atoms with Crippen LogP contribution in [0.25, 0.3) is 0 Å². The minimum absolute atomic E-state index is 0.244. The zero-order valence-electron chi connectivity index (χ0n) is 11.9. The SMILES string of the molecule is COc1ccc(S(=O)(=O)NCCSCc2ccco2)cc1I. The molecule has 5 nitrogen and oxygen atoms in total. The molecule has 0 saturated heterocycles. The fourth-order valence-corrected chi connectivity index (χ4v) is 4.60. The maximum atomic E-state index is 12.2. The van der Waals surface area contributed by atoms with E-state index >= 15 is 0 Å². The standard InChI is InChI=1S/C14H16INO4S2/c1-19-14-5-4-12(9-13(14)15)22(17,18)16-6-8-21-10-11-3-2-7-20-11/h2-5,7,9,16H,6,8,10H2,1H3.